The third kappa shape index (κ3) is 2.50. The van der Waals surface area contributed by atoms with Crippen molar-refractivity contribution in [3.05, 3.63) is 27.5 Å². The van der Waals surface area contributed by atoms with E-state index >= 15 is 0 Å². The molecule has 1 atom stereocenters. The number of carbonyl (C=O) groups excluding carboxylic acids is 1. The molecule has 0 spiro atoms. The largest absolute Gasteiger partial charge is 0.444 e. The first-order valence-corrected chi connectivity index (χ1v) is 7.83. The maximum Gasteiger partial charge on any atom is 0.411 e. The van der Waals surface area contributed by atoms with Crippen molar-refractivity contribution in [2.45, 2.75) is 65.1 Å². The van der Waals surface area contributed by atoms with Crippen molar-refractivity contribution in [1.29, 1.82) is 0 Å². The van der Waals surface area contributed by atoms with Gasteiger partial charge in [-0.2, -0.15) is 0 Å². The number of halogens is 1. The maximum absolute atomic E-state index is 12.5. The number of rotatable bonds is 0. The summed E-state index contributed by atoms with van der Waals surface area (Å²) in [4.78, 5) is 18.9. The Hall–Kier alpha value is -1.29. The molecule has 0 aromatic carbocycles. The summed E-state index contributed by atoms with van der Waals surface area (Å²) in [6, 6.07) is 0.0733. The topological polar surface area (TPSA) is 42.4 Å². The zero-order valence-electron chi connectivity index (χ0n) is 13.0. The van der Waals surface area contributed by atoms with E-state index in [0.29, 0.717) is 11.6 Å². The van der Waals surface area contributed by atoms with Crippen molar-refractivity contribution in [3.8, 4) is 0 Å². The summed E-state index contributed by atoms with van der Waals surface area (Å²) < 4.78 is 5.54. The van der Waals surface area contributed by atoms with Crippen LogP contribution in [0.3, 0.4) is 0 Å². The van der Waals surface area contributed by atoms with Gasteiger partial charge in [-0.3, -0.25) is 9.88 Å². The lowest BCUT2D eigenvalue weighted by molar-refractivity contribution is 0.0158. The van der Waals surface area contributed by atoms with Crippen LogP contribution < -0.4 is 0 Å². The Morgan fingerprint density at radius 1 is 1.43 bits per heavy atom. The molecule has 1 amide bonds. The summed E-state index contributed by atoms with van der Waals surface area (Å²) in [5, 5.41) is 0.701. The molecule has 21 heavy (non-hydrogen) atoms. The van der Waals surface area contributed by atoms with Gasteiger partial charge in [0.15, 0.2) is 0 Å². The number of aromatic nitrogens is 1. The first-order valence-electron chi connectivity index (χ1n) is 7.45. The highest BCUT2D eigenvalue weighted by Gasteiger charge is 2.41. The predicted molar refractivity (Wildman–Crippen MR) is 81.4 cm³/mol. The van der Waals surface area contributed by atoms with Crippen molar-refractivity contribution < 1.29 is 9.53 Å². The number of aryl methyl sites for hydroxylation is 2. The highest BCUT2D eigenvalue weighted by Crippen LogP contribution is 2.45. The third-order valence-corrected chi connectivity index (χ3v) is 4.58. The average molecular weight is 309 g/mol. The van der Waals surface area contributed by atoms with Gasteiger partial charge in [0.05, 0.1) is 23.3 Å². The summed E-state index contributed by atoms with van der Waals surface area (Å²) in [5.74, 6) is 0. The van der Waals surface area contributed by atoms with Gasteiger partial charge in [-0.05, 0) is 52.5 Å². The fraction of sp³-hybridized carbons (Fsp3) is 0.625. The molecule has 3 rings (SSSR count). The van der Waals surface area contributed by atoms with Crippen LogP contribution in [0.25, 0.3) is 0 Å². The van der Waals surface area contributed by atoms with E-state index in [4.69, 9.17) is 16.3 Å². The second kappa shape index (κ2) is 4.87. The lowest BCUT2D eigenvalue weighted by Gasteiger charge is -2.30. The van der Waals surface area contributed by atoms with Crippen LogP contribution in [0.4, 0.5) is 4.79 Å². The number of carbonyl (C=O) groups is 1. The molecule has 2 aliphatic rings. The molecule has 0 saturated heterocycles. The molecule has 1 aliphatic heterocycles. The first-order chi connectivity index (χ1) is 9.78. The van der Waals surface area contributed by atoms with Crippen molar-refractivity contribution in [3.63, 3.8) is 0 Å². The number of pyridine rings is 1. The van der Waals surface area contributed by atoms with Gasteiger partial charge < -0.3 is 4.74 Å². The monoisotopic (exact) mass is 308 g/mol. The second-order valence-corrected chi connectivity index (χ2v) is 7.24. The SMILES string of the molecule is Cc1nc2c3c(c1Cl)CN(C(=O)OC(C)(C)C)[C@H]3CCC2. The lowest BCUT2D eigenvalue weighted by Crippen LogP contribution is -2.36. The van der Waals surface area contributed by atoms with Crippen molar-refractivity contribution >= 4 is 17.7 Å². The molecular weight excluding hydrogens is 288 g/mol. The minimum atomic E-state index is -0.485. The van der Waals surface area contributed by atoms with E-state index < -0.39 is 5.60 Å². The summed E-state index contributed by atoms with van der Waals surface area (Å²) in [5.41, 5.74) is 3.71. The summed E-state index contributed by atoms with van der Waals surface area (Å²) in [6.07, 6.45) is 2.72. The Kier molecular flexibility index (Phi) is 3.40. The van der Waals surface area contributed by atoms with Crippen LogP contribution in [0.1, 0.15) is 62.2 Å². The Balaban J connectivity index is 1.98. The quantitative estimate of drug-likeness (QED) is 0.722. The van der Waals surface area contributed by atoms with E-state index in [0.717, 1.165) is 36.2 Å². The standard InChI is InChI=1S/C16H21ClN2O2/c1-9-14(17)10-8-19(15(20)21-16(2,3)4)12-7-5-6-11(18-9)13(10)12/h12H,5-8H2,1-4H3/t12-/m0/s1. The molecule has 4 nitrogen and oxygen atoms in total. The van der Waals surface area contributed by atoms with Crippen molar-refractivity contribution in [2.24, 2.45) is 0 Å². The molecule has 114 valence electrons. The molecule has 0 unspecified atom stereocenters. The fourth-order valence-corrected chi connectivity index (χ4v) is 3.48. The molecule has 1 aromatic rings. The predicted octanol–water partition coefficient (Wildman–Crippen LogP) is 4.17. The van der Waals surface area contributed by atoms with Gasteiger partial charge in [0, 0.05) is 11.3 Å². The van der Waals surface area contributed by atoms with Gasteiger partial charge in [-0.1, -0.05) is 11.6 Å². The molecule has 0 fully saturated rings. The van der Waals surface area contributed by atoms with Crippen LogP contribution in [0, 0.1) is 6.92 Å². The highest BCUT2D eigenvalue weighted by atomic mass is 35.5. The Bertz CT molecular complexity index is 607. The molecule has 0 radical (unpaired) electrons. The molecule has 1 aliphatic carbocycles. The number of hydrogen-bond acceptors (Lipinski definition) is 3. The van der Waals surface area contributed by atoms with Gasteiger partial charge in [0.2, 0.25) is 0 Å². The molecule has 0 N–H and O–H groups in total. The van der Waals surface area contributed by atoms with Gasteiger partial charge in [0.25, 0.3) is 0 Å². The van der Waals surface area contributed by atoms with Crippen molar-refractivity contribution in [2.75, 3.05) is 0 Å². The smallest absolute Gasteiger partial charge is 0.411 e. The van der Waals surface area contributed by atoms with Gasteiger partial charge in [0.1, 0.15) is 5.60 Å². The zero-order valence-corrected chi connectivity index (χ0v) is 13.8. The highest BCUT2D eigenvalue weighted by molar-refractivity contribution is 6.32. The van der Waals surface area contributed by atoms with Gasteiger partial charge in [-0.25, -0.2) is 4.79 Å². The lowest BCUT2D eigenvalue weighted by atomic mass is 9.90. The number of nitrogens with zero attached hydrogens (tertiary/aromatic N) is 2. The molecule has 5 heteroatoms. The van der Waals surface area contributed by atoms with Crippen LogP contribution in [0.2, 0.25) is 5.02 Å². The molecule has 0 bridgehead atoms. The third-order valence-electron chi connectivity index (χ3n) is 4.08. The zero-order chi connectivity index (χ0) is 15.4. The fourth-order valence-electron chi connectivity index (χ4n) is 3.27. The Morgan fingerprint density at radius 2 is 2.14 bits per heavy atom. The van der Waals surface area contributed by atoms with Crippen LogP contribution in [0.5, 0.6) is 0 Å². The van der Waals surface area contributed by atoms with Gasteiger partial charge >= 0.3 is 6.09 Å². The van der Waals surface area contributed by atoms with E-state index in [1.54, 1.807) is 0 Å². The number of ether oxygens (including phenoxy) is 1. The number of amides is 1. The van der Waals surface area contributed by atoms with Crippen LogP contribution in [-0.2, 0) is 17.7 Å². The molecule has 1 aromatic heterocycles. The number of hydrogen-bond donors (Lipinski definition) is 0. The maximum atomic E-state index is 12.5. The summed E-state index contributed by atoms with van der Waals surface area (Å²) in [7, 11) is 0. The van der Waals surface area contributed by atoms with E-state index in [-0.39, 0.29) is 12.1 Å². The summed E-state index contributed by atoms with van der Waals surface area (Å²) >= 11 is 6.42. The van der Waals surface area contributed by atoms with E-state index in [2.05, 4.69) is 4.98 Å². The van der Waals surface area contributed by atoms with Gasteiger partial charge in [-0.15, -0.1) is 0 Å². The second-order valence-electron chi connectivity index (χ2n) is 6.87. The first kappa shape index (κ1) is 14.6. The van der Waals surface area contributed by atoms with E-state index in [9.17, 15) is 4.79 Å². The Labute approximate surface area is 130 Å². The minimum absolute atomic E-state index is 0.0733. The molecule has 2 heterocycles. The van der Waals surface area contributed by atoms with E-state index in [1.807, 2.05) is 32.6 Å². The van der Waals surface area contributed by atoms with Crippen molar-refractivity contribution in [1.82, 2.24) is 9.88 Å². The molecule has 0 saturated carbocycles. The van der Waals surface area contributed by atoms with Crippen LogP contribution >= 0.6 is 11.6 Å². The molecular formula is C16H21ClN2O2. The summed E-state index contributed by atoms with van der Waals surface area (Å²) in [6.45, 7) is 8.13. The van der Waals surface area contributed by atoms with Crippen LogP contribution in [0.15, 0.2) is 0 Å². The normalized spacial score (nSPS) is 20.4. The van der Waals surface area contributed by atoms with E-state index in [1.165, 1.54) is 5.56 Å². The average Bonchev–Trinajstić information content (AvgIpc) is 2.75. The Morgan fingerprint density at radius 3 is 2.81 bits per heavy atom. The minimum Gasteiger partial charge on any atom is -0.444 e. The van der Waals surface area contributed by atoms with Crippen LogP contribution in [-0.4, -0.2) is 21.6 Å².